The van der Waals surface area contributed by atoms with E-state index in [1.165, 1.54) is 4.90 Å². The van der Waals surface area contributed by atoms with Crippen molar-refractivity contribution in [3.63, 3.8) is 0 Å². The Kier molecular flexibility index (Phi) is 9.54. The Morgan fingerprint density at radius 2 is 1.73 bits per heavy atom. The number of hydrogen-bond acceptors (Lipinski definition) is 7. The third kappa shape index (κ3) is 7.02. The van der Waals surface area contributed by atoms with Crippen LogP contribution in [0.3, 0.4) is 0 Å². The van der Waals surface area contributed by atoms with Crippen molar-refractivity contribution < 1.29 is 19.2 Å². The maximum Gasteiger partial charge on any atom is 0.255 e. The van der Waals surface area contributed by atoms with Crippen LogP contribution in [-0.4, -0.2) is 40.1 Å². The molecule has 0 fully saturated rings. The summed E-state index contributed by atoms with van der Waals surface area (Å²) in [5, 5.41) is 8.79. The van der Waals surface area contributed by atoms with Crippen LogP contribution in [0.15, 0.2) is 91.1 Å². The maximum absolute atomic E-state index is 13.0. The van der Waals surface area contributed by atoms with E-state index in [2.05, 4.69) is 10.6 Å². The average Bonchev–Trinajstić information content (AvgIpc) is 3.37. The Bertz CT molecular complexity index is 1760. The zero-order chi connectivity index (χ0) is 31.9. The molecule has 1 aliphatic rings. The number of fused-ring (bicyclic) bond motifs is 2. The van der Waals surface area contributed by atoms with E-state index >= 15 is 0 Å². The lowest BCUT2D eigenvalue weighted by molar-refractivity contribution is -0.129. The van der Waals surface area contributed by atoms with Crippen LogP contribution >= 0.6 is 0 Å². The standard InChI is InChI=1S/C35H36N6O4/c1-2-6-32(34(44)39-22-42)41-20-27-17-26(15-16-29(27)35(41)45)33(43)38-18-23-11-13-24(14-12-23)19-40(37)21-31(36)30-10-5-8-25-7-3-4-9-28(25)30/h3-5,7-17,21-22,32H,2,6,18-20,36-37H2,1H3,(H,38,43)(H,39,42,44)/b31-21-. The van der Waals surface area contributed by atoms with Gasteiger partial charge in [0.1, 0.15) is 6.04 Å². The van der Waals surface area contributed by atoms with Crippen LogP contribution in [-0.2, 0) is 29.2 Å². The zero-order valence-electron chi connectivity index (χ0n) is 25.0. The summed E-state index contributed by atoms with van der Waals surface area (Å²) in [4.78, 5) is 50.6. The number of carbonyl (C=O) groups is 4. The molecule has 0 aromatic heterocycles. The molecule has 230 valence electrons. The molecule has 6 N–H and O–H groups in total. The highest BCUT2D eigenvalue weighted by Gasteiger charge is 2.36. The van der Waals surface area contributed by atoms with Crippen LogP contribution in [0, 0.1) is 0 Å². The number of nitrogens with zero attached hydrogens (tertiary/aromatic N) is 2. The van der Waals surface area contributed by atoms with Gasteiger partial charge in [0.25, 0.3) is 11.8 Å². The van der Waals surface area contributed by atoms with Crippen molar-refractivity contribution in [3.05, 3.63) is 125 Å². The second kappa shape index (κ2) is 13.9. The minimum absolute atomic E-state index is 0.189. The largest absolute Gasteiger partial charge is 0.397 e. The highest BCUT2D eigenvalue weighted by Crippen LogP contribution is 2.27. The summed E-state index contributed by atoms with van der Waals surface area (Å²) in [6, 6.07) is 25.9. The smallest absolute Gasteiger partial charge is 0.255 e. The number of benzene rings is 4. The lowest BCUT2D eigenvalue weighted by Crippen LogP contribution is -2.46. The van der Waals surface area contributed by atoms with Gasteiger partial charge in [0, 0.05) is 36.0 Å². The number of carbonyl (C=O) groups excluding carboxylic acids is 4. The molecule has 4 aromatic rings. The molecular weight excluding hydrogens is 568 g/mol. The van der Waals surface area contributed by atoms with E-state index in [0.717, 1.165) is 27.5 Å². The van der Waals surface area contributed by atoms with Crippen LogP contribution in [0.2, 0.25) is 0 Å². The molecule has 45 heavy (non-hydrogen) atoms. The van der Waals surface area contributed by atoms with Crippen molar-refractivity contribution in [2.24, 2.45) is 11.6 Å². The molecule has 1 unspecified atom stereocenters. The molecule has 0 radical (unpaired) electrons. The van der Waals surface area contributed by atoms with Gasteiger partial charge < -0.3 is 21.0 Å². The Morgan fingerprint density at radius 3 is 2.49 bits per heavy atom. The second-order valence-corrected chi connectivity index (χ2v) is 11.0. The van der Waals surface area contributed by atoms with Gasteiger partial charge in [-0.05, 0) is 52.1 Å². The number of nitrogens with two attached hydrogens (primary N) is 2. The van der Waals surface area contributed by atoms with Gasteiger partial charge in [0.2, 0.25) is 12.3 Å². The Morgan fingerprint density at radius 1 is 1.00 bits per heavy atom. The van der Waals surface area contributed by atoms with Gasteiger partial charge in [-0.1, -0.05) is 80.1 Å². The van der Waals surface area contributed by atoms with E-state index in [-0.39, 0.29) is 18.4 Å². The molecule has 0 saturated heterocycles. The maximum atomic E-state index is 13.0. The number of hydrazine groups is 1. The van der Waals surface area contributed by atoms with Crippen molar-refractivity contribution in [1.82, 2.24) is 20.5 Å². The molecule has 1 heterocycles. The summed E-state index contributed by atoms with van der Waals surface area (Å²) >= 11 is 0. The third-order valence-corrected chi connectivity index (χ3v) is 7.89. The Balaban J connectivity index is 1.17. The molecular formula is C35H36N6O4. The van der Waals surface area contributed by atoms with Crippen LogP contribution < -0.4 is 22.2 Å². The Labute approximate surface area is 261 Å². The van der Waals surface area contributed by atoms with Crippen LogP contribution in [0.4, 0.5) is 0 Å². The molecule has 5 rings (SSSR count). The summed E-state index contributed by atoms with van der Waals surface area (Å²) in [5.41, 5.74) is 11.3. The molecule has 1 aliphatic heterocycles. The summed E-state index contributed by atoms with van der Waals surface area (Å²) < 4.78 is 0. The molecule has 0 spiro atoms. The van der Waals surface area contributed by atoms with Gasteiger partial charge in [-0.25, -0.2) is 5.84 Å². The lowest BCUT2D eigenvalue weighted by Gasteiger charge is -2.25. The first kappa shape index (κ1) is 31.0. The van der Waals surface area contributed by atoms with E-state index in [9.17, 15) is 19.2 Å². The second-order valence-electron chi connectivity index (χ2n) is 11.0. The van der Waals surface area contributed by atoms with Crippen molar-refractivity contribution in [2.45, 2.75) is 45.4 Å². The van der Waals surface area contributed by atoms with Crippen LogP contribution in [0.5, 0.6) is 0 Å². The molecule has 0 aliphatic carbocycles. The molecule has 4 amide bonds. The summed E-state index contributed by atoms with van der Waals surface area (Å²) in [5.74, 6) is 5.18. The number of hydrogen-bond donors (Lipinski definition) is 4. The highest BCUT2D eigenvalue weighted by molar-refractivity contribution is 6.03. The summed E-state index contributed by atoms with van der Waals surface area (Å²) in [6.45, 7) is 2.85. The molecule has 10 heteroatoms. The normalized spacial score (nSPS) is 13.3. The third-order valence-electron chi connectivity index (χ3n) is 7.89. The van der Waals surface area contributed by atoms with Crippen LogP contribution in [0.1, 0.15) is 62.7 Å². The van der Waals surface area contributed by atoms with Gasteiger partial charge in [0.05, 0.1) is 12.2 Å². The first-order valence-electron chi connectivity index (χ1n) is 14.8. The minimum atomic E-state index is -0.760. The fraction of sp³-hybridized carbons (Fsp3) is 0.200. The summed E-state index contributed by atoms with van der Waals surface area (Å²) in [6.07, 6.45) is 3.13. The fourth-order valence-electron chi connectivity index (χ4n) is 5.62. The SMILES string of the molecule is CCCC(C(=O)NC=O)N1Cc2cc(C(=O)NCc3ccc(CN(N)/C=C(\N)c4cccc5ccccc45)cc3)ccc2C1=O. The fourth-order valence-corrected chi connectivity index (χ4v) is 5.62. The number of nitrogens with one attached hydrogen (secondary N) is 2. The lowest BCUT2D eigenvalue weighted by atomic mass is 10.0. The van der Waals surface area contributed by atoms with Crippen molar-refractivity contribution in [2.75, 3.05) is 0 Å². The molecule has 1 atom stereocenters. The summed E-state index contributed by atoms with van der Waals surface area (Å²) in [7, 11) is 0. The molecule has 4 aromatic carbocycles. The van der Waals surface area contributed by atoms with Gasteiger partial charge in [-0.2, -0.15) is 0 Å². The predicted octanol–water partition coefficient (Wildman–Crippen LogP) is 3.80. The van der Waals surface area contributed by atoms with E-state index < -0.39 is 11.9 Å². The van der Waals surface area contributed by atoms with Crippen molar-refractivity contribution in [3.8, 4) is 0 Å². The van der Waals surface area contributed by atoms with Crippen molar-refractivity contribution in [1.29, 1.82) is 0 Å². The van der Waals surface area contributed by atoms with E-state index in [0.29, 0.717) is 54.7 Å². The van der Waals surface area contributed by atoms with E-state index in [4.69, 9.17) is 11.6 Å². The van der Waals surface area contributed by atoms with Gasteiger partial charge in [-0.15, -0.1) is 0 Å². The van der Waals surface area contributed by atoms with E-state index in [1.54, 1.807) is 29.4 Å². The average molecular weight is 605 g/mol. The van der Waals surface area contributed by atoms with E-state index in [1.807, 2.05) is 73.7 Å². The predicted molar refractivity (Wildman–Crippen MR) is 173 cm³/mol. The first-order chi connectivity index (χ1) is 21.8. The minimum Gasteiger partial charge on any atom is -0.397 e. The number of amides is 4. The monoisotopic (exact) mass is 604 g/mol. The quantitative estimate of drug-likeness (QED) is 0.109. The van der Waals surface area contributed by atoms with Gasteiger partial charge in [-0.3, -0.25) is 24.5 Å². The van der Waals surface area contributed by atoms with Gasteiger partial charge in [0.15, 0.2) is 0 Å². The van der Waals surface area contributed by atoms with Crippen molar-refractivity contribution >= 4 is 40.6 Å². The first-order valence-corrected chi connectivity index (χ1v) is 14.8. The highest BCUT2D eigenvalue weighted by atomic mass is 16.2. The topological polar surface area (TPSA) is 151 Å². The van der Waals surface area contributed by atoms with Crippen LogP contribution in [0.25, 0.3) is 16.5 Å². The number of imide groups is 1. The zero-order valence-corrected chi connectivity index (χ0v) is 25.0. The molecule has 10 nitrogen and oxygen atoms in total. The molecule has 0 saturated carbocycles. The number of rotatable bonds is 12. The Hall–Kier alpha value is -5.48. The van der Waals surface area contributed by atoms with Gasteiger partial charge >= 0.3 is 0 Å². The molecule has 0 bridgehead atoms.